The van der Waals surface area contributed by atoms with E-state index in [1.54, 1.807) is 31.2 Å². The molecule has 0 aromatic heterocycles. The Balaban J connectivity index is 1.78. The molecule has 7 heteroatoms. The predicted octanol–water partition coefficient (Wildman–Crippen LogP) is 2.29. The molecule has 0 heterocycles. The van der Waals surface area contributed by atoms with Crippen LogP contribution in [0.2, 0.25) is 0 Å². The van der Waals surface area contributed by atoms with Gasteiger partial charge in [0.2, 0.25) is 0 Å². The number of carbonyl (C=O) groups is 3. The number of carbonyl (C=O) groups excluding carboxylic acids is 3. The topological polar surface area (TPSA) is 102 Å². The SMILES string of the molecule is CCOC(=O)c1ccc(NC(=O)COC(=O)Cc2ccc(O)cc2)cc1. The van der Waals surface area contributed by atoms with Crippen LogP contribution in [0.1, 0.15) is 22.8 Å². The fourth-order valence-corrected chi connectivity index (χ4v) is 2.08. The molecule has 0 fully saturated rings. The van der Waals surface area contributed by atoms with Crippen molar-refractivity contribution in [1.29, 1.82) is 0 Å². The first-order valence-corrected chi connectivity index (χ1v) is 7.98. The van der Waals surface area contributed by atoms with Crippen molar-refractivity contribution < 1.29 is 29.0 Å². The fraction of sp³-hybridized carbons (Fsp3) is 0.211. The van der Waals surface area contributed by atoms with Gasteiger partial charge in [0.05, 0.1) is 18.6 Å². The Morgan fingerprint density at radius 2 is 1.62 bits per heavy atom. The number of benzene rings is 2. The molecule has 0 aliphatic heterocycles. The summed E-state index contributed by atoms with van der Waals surface area (Å²) in [5.41, 5.74) is 1.52. The van der Waals surface area contributed by atoms with Crippen LogP contribution in [0.25, 0.3) is 0 Å². The van der Waals surface area contributed by atoms with Gasteiger partial charge in [0, 0.05) is 5.69 Å². The highest BCUT2D eigenvalue weighted by Gasteiger charge is 2.10. The lowest BCUT2D eigenvalue weighted by atomic mass is 10.1. The lowest BCUT2D eigenvalue weighted by molar-refractivity contribution is -0.146. The van der Waals surface area contributed by atoms with Crippen molar-refractivity contribution in [3.63, 3.8) is 0 Å². The normalized spacial score (nSPS) is 10.0. The molecular formula is C19H19NO6. The summed E-state index contributed by atoms with van der Waals surface area (Å²) in [6.07, 6.45) is 0.00178. The first kappa shape index (κ1) is 19.0. The molecule has 0 aliphatic rings. The Labute approximate surface area is 150 Å². The maximum atomic E-state index is 11.8. The number of ether oxygens (including phenoxy) is 2. The second-order valence-corrected chi connectivity index (χ2v) is 5.35. The van der Waals surface area contributed by atoms with Gasteiger partial charge in [-0.15, -0.1) is 0 Å². The van der Waals surface area contributed by atoms with Crippen molar-refractivity contribution in [2.45, 2.75) is 13.3 Å². The first-order valence-electron chi connectivity index (χ1n) is 7.98. The van der Waals surface area contributed by atoms with Crippen LogP contribution in [-0.2, 0) is 25.5 Å². The highest BCUT2D eigenvalue weighted by Crippen LogP contribution is 2.12. The molecule has 0 atom stereocenters. The molecule has 2 aromatic carbocycles. The van der Waals surface area contributed by atoms with Crippen LogP contribution in [0.5, 0.6) is 5.75 Å². The molecule has 0 spiro atoms. The Kier molecular flexibility index (Phi) is 6.73. The number of amides is 1. The van der Waals surface area contributed by atoms with E-state index in [9.17, 15) is 19.5 Å². The number of hydrogen-bond acceptors (Lipinski definition) is 6. The summed E-state index contributed by atoms with van der Waals surface area (Å²) < 4.78 is 9.79. The van der Waals surface area contributed by atoms with Gasteiger partial charge in [-0.3, -0.25) is 9.59 Å². The molecule has 0 radical (unpaired) electrons. The van der Waals surface area contributed by atoms with Gasteiger partial charge in [-0.1, -0.05) is 12.1 Å². The molecule has 7 nitrogen and oxygen atoms in total. The van der Waals surface area contributed by atoms with Gasteiger partial charge >= 0.3 is 11.9 Å². The number of aromatic hydroxyl groups is 1. The van der Waals surface area contributed by atoms with E-state index >= 15 is 0 Å². The van der Waals surface area contributed by atoms with E-state index in [-0.39, 0.29) is 18.8 Å². The Bertz CT molecular complexity index is 768. The zero-order valence-corrected chi connectivity index (χ0v) is 14.2. The second kappa shape index (κ2) is 9.22. The first-order chi connectivity index (χ1) is 12.5. The number of phenols is 1. The van der Waals surface area contributed by atoms with E-state index in [0.29, 0.717) is 16.8 Å². The summed E-state index contributed by atoms with van der Waals surface area (Å²) in [6.45, 7) is 1.58. The molecule has 1 amide bonds. The van der Waals surface area contributed by atoms with Gasteiger partial charge in [0.15, 0.2) is 6.61 Å². The van der Waals surface area contributed by atoms with Gasteiger partial charge < -0.3 is 19.9 Å². The summed E-state index contributed by atoms with van der Waals surface area (Å²) >= 11 is 0. The van der Waals surface area contributed by atoms with E-state index in [4.69, 9.17) is 9.47 Å². The molecule has 2 aromatic rings. The third kappa shape index (κ3) is 5.94. The highest BCUT2D eigenvalue weighted by atomic mass is 16.5. The molecule has 0 unspecified atom stereocenters. The minimum Gasteiger partial charge on any atom is -0.508 e. The summed E-state index contributed by atoms with van der Waals surface area (Å²) in [6, 6.07) is 12.3. The van der Waals surface area contributed by atoms with Crippen LogP contribution in [0, 0.1) is 0 Å². The number of esters is 2. The van der Waals surface area contributed by atoms with Crippen LogP contribution < -0.4 is 5.32 Å². The number of anilines is 1. The molecule has 0 saturated heterocycles. The van der Waals surface area contributed by atoms with Crippen LogP contribution in [-0.4, -0.2) is 36.2 Å². The Morgan fingerprint density at radius 1 is 0.962 bits per heavy atom. The van der Waals surface area contributed by atoms with Crippen LogP contribution in [0.4, 0.5) is 5.69 Å². The number of phenolic OH excluding ortho intramolecular Hbond substituents is 1. The highest BCUT2D eigenvalue weighted by molar-refractivity contribution is 5.94. The lowest BCUT2D eigenvalue weighted by Crippen LogP contribution is -2.21. The minimum atomic E-state index is -0.552. The maximum Gasteiger partial charge on any atom is 0.338 e. The average molecular weight is 357 g/mol. The molecule has 2 N–H and O–H groups in total. The van der Waals surface area contributed by atoms with Gasteiger partial charge in [-0.25, -0.2) is 4.79 Å². The van der Waals surface area contributed by atoms with E-state index in [0.717, 1.165) is 0 Å². The summed E-state index contributed by atoms with van der Waals surface area (Å²) in [4.78, 5) is 35.1. The van der Waals surface area contributed by atoms with Gasteiger partial charge in [0.1, 0.15) is 5.75 Å². The summed E-state index contributed by atoms with van der Waals surface area (Å²) in [5.74, 6) is -1.37. The van der Waals surface area contributed by atoms with Gasteiger partial charge in [0.25, 0.3) is 5.91 Å². The van der Waals surface area contributed by atoms with Crippen molar-refractivity contribution in [3.8, 4) is 5.75 Å². The monoisotopic (exact) mass is 357 g/mol. The minimum absolute atomic E-state index is 0.00178. The zero-order valence-electron chi connectivity index (χ0n) is 14.2. The number of rotatable bonds is 7. The van der Waals surface area contributed by atoms with Gasteiger partial charge in [-0.2, -0.15) is 0 Å². The van der Waals surface area contributed by atoms with Crippen molar-refractivity contribution in [2.24, 2.45) is 0 Å². The third-order valence-electron chi connectivity index (χ3n) is 3.33. The average Bonchev–Trinajstić information content (AvgIpc) is 2.63. The van der Waals surface area contributed by atoms with Crippen LogP contribution >= 0.6 is 0 Å². The fourth-order valence-electron chi connectivity index (χ4n) is 2.08. The van der Waals surface area contributed by atoms with Crippen molar-refractivity contribution in [2.75, 3.05) is 18.5 Å². The number of hydrogen-bond donors (Lipinski definition) is 2. The molecule has 0 saturated carbocycles. The van der Waals surface area contributed by atoms with Crippen LogP contribution in [0.15, 0.2) is 48.5 Å². The smallest absolute Gasteiger partial charge is 0.338 e. The van der Waals surface area contributed by atoms with E-state index in [1.807, 2.05) is 0 Å². The molecule has 0 aliphatic carbocycles. The Morgan fingerprint density at radius 3 is 2.23 bits per heavy atom. The van der Waals surface area contributed by atoms with E-state index in [2.05, 4.69) is 5.32 Å². The molecule has 26 heavy (non-hydrogen) atoms. The molecular weight excluding hydrogens is 338 g/mol. The summed E-state index contributed by atoms with van der Waals surface area (Å²) in [7, 11) is 0. The predicted molar refractivity (Wildman–Crippen MR) is 93.8 cm³/mol. The van der Waals surface area contributed by atoms with Crippen molar-refractivity contribution >= 4 is 23.5 Å². The van der Waals surface area contributed by atoms with Crippen LogP contribution in [0.3, 0.4) is 0 Å². The Hall–Kier alpha value is -3.35. The lowest BCUT2D eigenvalue weighted by Gasteiger charge is -2.08. The maximum absolute atomic E-state index is 11.8. The van der Waals surface area contributed by atoms with E-state index < -0.39 is 24.5 Å². The quantitative estimate of drug-likeness (QED) is 0.737. The van der Waals surface area contributed by atoms with E-state index in [1.165, 1.54) is 24.3 Å². The molecule has 2 rings (SSSR count). The molecule has 136 valence electrons. The number of nitrogens with one attached hydrogen (secondary N) is 1. The summed E-state index contributed by atoms with van der Waals surface area (Å²) in [5, 5.41) is 11.8. The van der Waals surface area contributed by atoms with Crippen molar-refractivity contribution in [1.82, 2.24) is 0 Å². The largest absolute Gasteiger partial charge is 0.508 e. The standard InChI is InChI=1S/C19H19NO6/c1-2-25-19(24)14-5-7-15(8-6-14)20-17(22)12-26-18(23)11-13-3-9-16(21)10-4-13/h3-10,21H,2,11-12H2,1H3,(H,20,22). The van der Waals surface area contributed by atoms with Crippen molar-refractivity contribution in [3.05, 3.63) is 59.7 Å². The zero-order chi connectivity index (χ0) is 18.9. The molecule has 0 bridgehead atoms. The second-order valence-electron chi connectivity index (χ2n) is 5.35. The third-order valence-corrected chi connectivity index (χ3v) is 3.33. The van der Waals surface area contributed by atoms with Gasteiger partial charge in [-0.05, 0) is 48.9 Å².